The lowest BCUT2D eigenvalue weighted by molar-refractivity contribution is 0.253. The molecule has 2 aromatic rings. The molecule has 16 heavy (non-hydrogen) atoms. The molecule has 6 heteroatoms. The van der Waals surface area contributed by atoms with Crippen molar-refractivity contribution in [3.8, 4) is 11.4 Å². The van der Waals surface area contributed by atoms with Crippen LogP contribution in [0.5, 0.6) is 5.75 Å². The van der Waals surface area contributed by atoms with Gasteiger partial charge in [-0.2, -0.15) is 4.68 Å². The van der Waals surface area contributed by atoms with Crippen molar-refractivity contribution < 1.29 is 4.74 Å². The molecular weight excluding hydrogens is 208 g/mol. The summed E-state index contributed by atoms with van der Waals surface area (Å²) in [6, 6.07) is 5.67. The normalized spacial score (nSPS) is 18.2. The molecule has 0 saturated carbocycles. The Labute approximate surface area is 90.8 Å². The summed E-state index contributed by atoms with van der Waals surface area (Å²) in [6.07, 6.45) is 0.995. The zero-order chi connectivity index (χ0) is 11.1. The topological polar surface area (TPSA) is 72.8 Å². The predicted molar refractivity (Wildman–Crippen MR) is 55.8 cm³/mol. The highest BCUT2D eigenvalue weighted by atomic mass is 16.5. The first-order valence-electron chi connectivity index (χ1n) is 5.05. The second-order valence-corrected chi connectivity index (χ2v) is 3.82. The molecule has 1 atom stereocenters. The van der Waals surface area contributed by atoms with E-state index >= 15 is 0 Å². The van der Waals surface area contributed by atoms with Crippen molar-refractivity contribution >= 4 is 0 Å². The largest absolute Gasteiger partial charge is 0.488 e. The van der Waals surface area contributed by atoms with Crippen molar-refractivity contribution in [2.24, 2.45) is 0 Å². The van der Waals surface area contributed by atoms with E-state index in [4.69, 9.17) is 4.74 Å². The first-order chi connectivity index (χ1) is 7.75. The molecule has 1 unspecified atom stereocenters. The molecule has 1 aliphatic heterocycles. The highest BCUT2D eigenvalue weighted by Gasteiger charge is 2.23. The third-order valence-corrected chi connectivity index (χ3v) is 2.60. The summed E-state index contributed by atoms with van der Waals surface area (Å²) in [5, 5.41) is 9.43. The zero-order valence-electron chi connectivity index (χ0n) is 8.67. The van der Waals surface area contributed by atoms with E-state index in [0.717, 1.165) is 17.7 Å². The smallest absolute Gasteiger partial charge is 0.365 e. The van der Waals surface area contributed by atoms with E-state index in [0.29, 0.717) is 5.69 Å². The van der Waals surface area contributed by atoms with Crippen LogP contribution >= 0.6 is 0 Å². The number of rotatable bonds is 1. The molecule has 6 nitrogen and oxygen atoms in total. The van der Waals surface area contributed by atoms with Crippen LogP contribution in [0, 0.1) is 0 Å². The number of aromatic amines is 1. The number of nitrogens with one attached hydrogen (secondary N) is 1. The molecule has 1 aromatic carbocycles. The van der Waals surface area contributed by atoms with E-state index in [1.54, 1.807) is 6.07 Å². The lowest BCUT2D eigenvalue weighted by Gasteiger charge is -2.07. The third kappa shape index (κ3) is 1.23. The minimum absolute atomic E-state index is 0.138. The molecule has 1 N–H and O–H groups in total. The number of fused-ring (bicyclic) bond motifs is 1. The number of H-pyrrole nitrogens is 1. The van der Waals surface area contributed by atoms with E-state index < -0.39 is 0 Å². The Morgan fingerprint density at radius 2 is 2.44 bits per heavy atom. The van der Waals surface area contributed by atoms with Gasteiger partial charge in [-0.05, 0) is 23.4 Å². The predicted octanol–water partition coefficient (Wildman–Crippen LogP) is 0.279. The number of hydrogen-bond donors (Lipinski definition) is 1. The van der Waals surface area contributed by atoms with Gasteiger partial charge in [-0.3, -0.25) is 0 Å². The van der Waals surface area contributed by atoms with E-state index in [1.165, 1.54) is 4.68 Å². The van der Waals surface area contributed by atoms with Crippen molar-refractivity contribution in [3.63, 3.8) is 0 Å². The van der Waals surface area contributed by atoms with Crippen LogP contribution in [-0.2, 0) is 6.42 Å². The quantitative estimate of drug-likeness (QED) is 0.746. The van der Waals surface area contributed by atoms with Crippen molar-refractivity contribution in [1.29, 1.82) is 0 Å². The molecule has 1 aromatic heterocycles. The standard InChI is InChI=1S/C10H10N4O2/c1-6-5-7-3-2-4-8(9(7)16-6)14-10(15)11-12-13-14/h2-4,6H,5H2,1H3,(H,11,13,15). The molecule has 0 fully saturated rings. The van der Waals surface area contributed by atoms with Crippen LogP contribution in [0.1, 0.15) is 12.5 Å². The maximum Gasteiger partial charge on any atom is 0.365 e. The zero-order valence-corrected chi connectivity index (χ0v) is 8.67. The van der Waals surface area contributed by atoms with Crippen LogP contribution < -0.4 is 10.4 Å². The van der Waals surface area contributed by atoms with Gasteiger partial charge in [0.05, 0.1) is 0 Å². The first-order valence-corrected chi connectivity index (χ1v) is 5.05. The van der Waals surface area contributed by atoms with Gasteiger partial charge in [-0.25, -0.2) is 9.89 Å². The van der Waals surface area contributed by atoms with E-state index in [2.05, 4.69) is 15.5 Å². The van der Waals surface area contributed by atoms with Crippen molar-refractivity contribution in [2.75, 3.05) is 0 Å². The summed E-state index contributed by atoms with van der Waals surface area (Å²) in [4.78, 5) is 11.4. The van der Waals surface area contributed by atoms with Gasteiger partial charge in [-0.1, -0.05) is 12.1 Å². The highest BCUT2D eigenvalue weighted by molar-refractivity contribution is 5.53. The summed E-state index contributed by atoms with van der Waals surface area (Å²) < 4.78 is 6.88. The number of nitrogens with zero attached hydrogens (tertiary/aromatic N) is 3. The second kappa shape index (κ2) is 3.19. The lowest BCUT2D eigenvalue weighted by Crippen LogP contribution is -2.17. The van der Waals surface area contributed by atoms with Gasteiger partial charge in [0.15, 0.2) is 0 Å². The maximum absolute atomic E-state index is 11.4. The minimum atomic E-state index is -0.364. The minimum Gasteiger partial charge on any atom is -0.488 e. The van der Waals surface area contributed by atoms with Crippen LogP contribution in [0.3, 0.4) is 0 Å². The SMILES string of the molecule is CC1Cc2cccc(-n3nn[nH]c3=O)c2O1. The molecule has 0 radical (unpaired) electrons. The van der Waals surface area contributed by atoms with Gasteiger partial charge in [0.2, 0.25) is 0 Å². The Morgan fingerprint density at radius 1 is 1.56 bits per heavy atom. The fourth-order valence-electron chi connectivity index (χ4n) is 1.94. The highest BCUT2D eigenvalue weighted by Crippen LogP contribution is 2.33. The fourth-order valence-corrected chi connectivity index (χ4v) is 1.94. The van der Waals surface area contributed by atoms with Gasteiger partial charge in [-0.15, -0.1) is 0 Å². The molecule has 1 aliphatic rings. The summed E-state index contributed by atoms with van der Waals surface area (Å²) in [6.45, 7) is 2.00. The van der Waals surface area contributed by atoms with Gasteiger partial charge < -0.3 is 4.74 Å². The molecule has 2 heterocycles. The number of benzene rings is 1. The Hall–Kier alpha value is -2.11. The number of para-hydroxylation sites is 1. The van der Waals surface area contributed by atoms with Crippen molar-refractivity contribution in [3.05, 3.63) is 34.2 Å². The molecular formula is C10H10N4O2. The van der Waals surface area contributed by atoms with Gasteiger partial charge in [0.25, 0.3) is 0 Å². The van der Waals surface area contributed by atoms with Crippen LogP contribution in [-0.4, -0.2) is 26.3 Å². The molecule has 0 bridgehead atoms. The Kier molecular flexibility index (Phi) is 1.82. The van der Waals surface area contributed by atoms with E-state index in [9.17, 15) is 4.79 Å². The van der Waals surface area contributed by atoms with Crippen LogP contribution in [0.2, 0.25) is 0 Å². The summed E-state index contributed by atoms with van der Waals surface area (Å²) in [5.41, 5.74) is 1.37. The summed E-state index contributed by atoms with van der Waals surface area (Å²) >= 11 is 0. The molecule has 0 saturated heterocycles. The average molecular weight is 218 g/mol. The number of aromatic nitrogens is 4. The molecule has 3 rings (SSSR count). The Balaban J connectivity index is 2.21. The molecule has 0 spiro atoms. The summed E-state index contributed by atoms with van der Waals surface area (Å²) in [7, 11) is 0. The monoisotopic (exact) mass is 218 g/mol. The number of ether oxygens (including phenoxy) is 1. The average Bonchev–Trinajstić information content (AvgIpc) is 2.82. The number of hydrogen-bond acceptors (Lipinski definition) is 4. The van der Waals surface area contributed by atoms with Crippen LogP contribution in [0.4, 0.5) is 0 Å². The first kappa shape index (κ1) is 9.14. The van der Waals surface area contributed by atoms with Gasteiger partial charge in [0, 0.05) is 12.0 Å². The van der Waals surface area contributed by atoms with E-state index in [1.807, 2.05) is 19.1 Å². The van der Waals surface area contributed by atoms with E-state index in [-0.39, 0.29) is 11.8 Å². The second-order valence-electron chi connectivity index (χ2n) is 3.82. The fraction of sp³-hybridized carbons (Fsp3) is 0.300. The molecule has 0 amide bonds. The Bertz CT molecular complexity index is 587. The van der Waals surface area contributed by atoms with Gasteiger partial charge >= 0.3 is 5.69 Å². The third-order valence-electron chi connectivity index (χ3n) is 2.60. The molecule has 82 valence electrons. The molecule has 0 aliphatic carbocycles. The van der Waals surface area contributed by atoms with Crippen LogP contribution in [0.15, 0.2) is 23.0 Å². The summed E-state index contributed by atoms with van der Waals surface area (Å²) in [5.74, 6) is 0.728. The lowest BCUT2D eigenvalue weighted by atomic mass is 10.1. The van der Waals surface area contributed by atoms with Crippen molar-refractivity contribution in [2.45, 2.75) is 19.4 Å². The van der Waals surface area contributed by atoms with Crippen LogP contribution in [0.25, 0.3) is 5.69 Å². The van der Waals surface area contributed by atoms with Gasteiger partial charge in [0.1, 0.15) is 17.5 Å². The van der Waals surface area contributed by atoms with Crippen molar-refractivity contribution in [1.82, 2.24) is 20.2 Å². The Morgan fingerprint density at radius 3 is 3.19 bits per heavy atom. The maximum atomic E-state index is 11.4. The number of tetrazole rings is 1.